The molecule has 0 bridgehead atoms. The lowest BCUT2D eigenvalue weighted by Gasteiger charge is -2.27. The minimum atomic E-state index is -0.926. The topological polar surface area (TPSA) is 61.4 Å². The number of aliphatic hydroxyl groups is 1. The van der Waals surface area contributed by atoms with E-state index in [1.807, 2.05) is 24.3 Å². The van der Waals surface area contributed by atoms with Gasteiger partial charge in [-0.15, -0.1) is 0 Å². The normalized spacial score (nSPS) is 25.2. The second-order valence-electron chi connectivity index (χ2n) is 3.92. The van der Waals surface area contributed by atoms with Gasteiger partial charge >= 0.3 is 0 Å². The van der Waals surface area contributed by atoms with Crippen molar-refractivity contribution in [2.45, 2.75) is 25.0 Å². The highest BCUT2D eigenvalue weighted by Crippen LogP contribution is 2.14. The van der Waals surface area contributed by atoms with Crippen LogP contribution in [0.25, 0.3) is 0 Å². The SMILES string of the molecule is O=C1NNC(Cc2cccc(Cl)c2)CC1O. The third kappa shape index (κ3) is 2.72. The molecular formula is C11H13ClN2O2. The van der Waals surface area contributed by atoms with Crippen molar-refractivity contribution in [1.29, 1.82) is 0 Å². The van der Waals surface area contributed by atoms with Gasteiger partial charge in [-0.05, 0) is 30.5 Å². The van der Waals surface area contributed by atoms with Gasteiger partial charge in [0.2, 0.25) is 0 Å². The smallest absolute Gasteiger partial charge is 0.262 e. The van der Waals surface area contributed by atoms with Crippen molar-refractivity contribution < 1.29 is 9.90 Å². The van der Waals surface area contributed by atoms with Gasteiger partial charge in [0, 0.05) is 11.1 Å². The molecule has 2 atom stereocenters. The summed E-state index contributed by atoms with van der Waals surface area (Å²) in [5.41, 5.74) is 6.39. The third-order valence-electron chi connectivity index (χ3n) is 2.58. The van der Waals surface area contributed by atoms with Crippen LogP contribution in [-0.2, 0) is 11.2 Å². The van der Waals surface area contributed by atoms with Gasteiger partial charge in [-0.1, -0.05) is 23.7 Å². The Morgan fingerprint density at radius 2 is 2.31 bits per heavy atom. The predicted octanol–water partition coefficient (Wildman–Crippen LogP) is 0.636. The first-order chi connectivity index (χ1) is 7.65. The molecule has 2 rings (SSSR count). The molecule has 0 spiro atoms. The number of aliphatic hydroxyl groups excluding tert-OH is 1. The zero-order chi connectivity index (χ0) is 11.5. The van der Waals surface area contributed by atoms with Crippen LogP contribution in [0.4, 0.5) is 0 Å². The van der Waals surface area contributed by atoms with Gasteiger partial charge in [0.15, 0.2) is 0 Å². The number of nitrogens with one attached hydrogen (secondary N) is 2. The van der Waals surface area contributed by atoms with E-state index in [0.717, 1.165) is 12.0 Å². The molecule has 16 heavy (non-hydrogen) atoms. The zero-order valence-corrected chi connectivity index (χ0v) is 9.37. The van der Waals surface area contributed by atoms with Crippen LogP contribution in [0.3, 0.4) is 0 Å². The first kappa shape index (κ1) is 11.4. The van der Waals surface area contributed by atoms with Gasteiger partial charge in [-0.2, -0.15) is 0 Å². The Balaban J connectivity index is 1.98. The molecule has 1 amide bonds. The Hall–Kier alpha value is -1.10. The number of halogens is 1. The average molecular weight is 241 g/mol. The van der Waals surface area contributed by atoms with Crippen LogP contribution in [0.1, 0.15) is 12.0 Å². The molecule has 0 radical (unpaired) electrons. The van der Waals surface area contributed by atoms with Gasteiger partial charge in [0.1, 0.15) is 6.10 Å². The summed E-state index contributed by atoms with van der Waals surface area (Å²) in [5, 5.41) is 10.1. The van der Waals surface area contributed by atoms with E-state index in [0.29, 0.717) is 11.4 Å². The first-order valence-electron chi connectivity index (χ1n) is 5.13. The van der Waals surface area contributed by atoms with Gasteiger partial charge in [-0.25, -0.2) is 5.43 Å². The number of hydrazine groups is 1. The van der Waals surface area contributed by atoms with E-state index in [4.69, 9.17) is 11.6 Å². The summed E-state index contributed by atoms with van der Waals surface area (Å²) in [6, 6.07) is 7.58. The molecule has 1 aliphatic rings. The van der Waals surface area contributed by atoms with Crippen LogP contribution in [-0.4, -0.2) is 23.2 Å². The summed E-state index contributed by atoms with van der Waals surface area (Å²) in [6.45, 7) is 0. The minimum Gasteiger partial charge on any atom is -0.383 e. The molecule has 5 heteroatoms. The fourth-order valence-electron chi connectivity index (χ4n) is 1.77. The van der Waals surface area contributed by atoms with Crippen LogP contribution in [0, 0.1) is 0 Å². The van der Waals surface area contributed by atoms with Crippen molar-refractivity contribution in [3.05, 3.63) is 34.9 Å². The third-order valence-corrected chi connectivity index (χ3v) is 2.82. The van der Waals surface area contributed by atoms with Crippen LogP contribution < -0.4 is 10.9 Å². The Labute approximate surface area is 98.6 Å². The Bertz CT molecular complexity index is 397. The van der Waals surface area contributed by atoms with Gasteiger partial charge < -0.3 is 5.11 Å². The van der Waals surface area contributed by atoms with Crippen molar-refractivity contribution in [3.8, 4) is 0 Å². The van der Waals surface area contributed by atoms with Gasteiger partial charge in [0.25, 0.3) is 5.91 Å². The van der Waals surface area contributed by atoms with Crippen molar-refractivity contribution in [2.24, 2.45) is 0 Å². The maximum absolute atomic E-state index is 11.0. The summed E-state index contributed by atoms with van der Waals surface area (Å²) in [7, 11) is 0. The summed E-state index contributed by atoms with van der Waals surface area (Å²) < 4.78 is 0. The van der Waals surface area contributed by atoms with Crippen LogP contribution in [0.5, 0.6) is 0 Å². The molecule has 1 aromatic rings. The summed E-state index contributed by atoms with van der Waals surface area (Å²) in [6.07, 6.45) is 0.210. The number of hydrogen-bond donors (Lipinski definition) is 3. The fraction of sp³-hybridized carbons (Fsp3) is 0.364. The molecule has 0 aromatic heterocycles. The highest BCUT2D eigenvalue weighted by Gasteiger charge is 2.26. The number of carbonyl (C=O) groups is 1. The van der Waals surface area contributed by atoms with Gasteiger partial charge in [0.05, 0.1) is 0 Å². The van der Waals surface area contributed by atoms with E-state index in [9.17, 15) is 9.90 Å². The van der Waals surface area contributed by atoms with Crippen LogP contribution in [0.2, 0.25) is 5.02 Å². The second-order valence-corrected chi connectivity index (χ2v) is 4.35. The molecule has 1 fully saturated rings. The van der Waals surface area contributed by atoms with Crippen LogP contribution in [0.15, 0.2) is 24.3 Å². The highest BCUT2D eigenvalue weighted by atomic mass is 35.5. The van der Waals surface area contributed by atoms with Crippen molar-refractivity contribution >= 4 is 17.5 Å². The molecule has 0 aliphatic carbocycles. The molecule has 4 nitrogen and oxygen atoms in total. The standard InChI is InChI=1S/C11H13ClN2O2/c12-8-3-1-2-7(4-8)5-9-6-10(15)11(16)14-13-9/h1-4,9-10,13,15H,5-6H2,(H,14,16). The Kier molecular flexibility index (Phi) is 3.43. The monoisotopic (exact) mass is 240 g/mol. The van der Waals surface area contributed by atoms with E-state index < -0.39 is 6.10 Å². The molecule has 1 heterocycles. The molecule has 2 unspecified atom stereocenters. The van der Waals surface area contributed by atoms with Crippen molar-refractivity contribution in [1.82, 2.24) is 10.9 Å². The summed E-state index contributed by atoms with van der Waals surface area (Å²) in [5.74, 6) is -0.373. The molecule has 1 saturated heterocycles. The molecule has 3 N–H and O–H groups in total. The molecule has 86 valence electrons. The van der Waals surface area contributed by atoms with Crippen molar-refractivity contribution in [2.75, 3.05) is 0 Å². The quantitative estimate of drug-likeness (QED) is 0.711. The van der Waals surface area contributed by atoms with Crippen LogP contribution >= 0.6 is 11.6 Å². The average Bonchev–Trinajstić information content (AvgIpc) is 2.24. The predicted molar refractivity (Wildman–Crippen MR) is 60.8 cm³/mol. The highest BCUT2D eigenvalue weighted by molar-refractivity contribution is 6.30. The second kappa shape index (κ2) is 4.82. The lowest BCUT2D eigenvalue weighted by atomic mass is 9.99. The van der Waals surface area contributed by atoms with E-state index in [-0.39, 0.29) is 11.9 Å². The Morgan fingerprint density at radius 1 is 1.50 bits per heavy atom. The number of benzene rings is 1. The minimum absolute atomic E-state index is 0.0335. The Morgan fingerprint density at radius 3 is 3.00 bits per heavy atom. The van der Waals surface area contributed by atoms with E-state index in [2.05, 4.69) is 10.9 Å². The number of carbonyl (C=O) groups excluding carboxylic acids is 1. The van der Waals surface area contributed by atoms with Crippen molar-refractivity contribution in [3.63, 3.8) is 0 Å². The lowest BCUT2D eigenvalue weighted by Crippen LogP contribution is -2.56. The summed E-state index contributed by atoms with van der Waals surface area (Å²) >= 11 is 5.87. The van der Waals surface area contributed by atoms with E-state index >= 15 is 0 Å². The molecular weight excluding hydrogens is 228 g/mol. The zero-order valence-electron chi connectivity index (χ0n) is 8.61. The van der Waals surface area contributed by atoms with E-state index in [1.54, 1.807) is 0 Å². The van der Waals surface area contributed by atoms with E-state index in [1.165, 1.54) is 0 Å². The maximum atomic E-state index is 11.0. The number of hydrogen-bond acceptors (Lipinski definition) is 3. The fourth-order valence-corrected chi connectivity index (χ4v) is 1.99. The number of amides is 1. The lowest BCUT2D eigenvalue weighted by molar-refractivity contribution is -0.134. The number of rotatable bonds is 2. The largest absolute Gasteiger partial charge is 0.383 e. The summed E-state index contributed by atoms with van der Waals surface area (Å²) in [4.78, 5) is 11.0. The first-order valence-corrected chi connectivity index (χ1v) is 5.51. The molecule has 0 saturated carbocycles. The maximum Gasteiger partial charge on any atom is 0.262 e. The van der Waals surface area contributed by atoms with Gasteiger partial charge in [-0.3, -0.25) is 10.2 Å². The molecule has 1 aliphatic heterocycles. The molecule has 1 aromatic carbocycles.